The number of carboxylic acids is 1. The zero-order valence-electron chi connectivity index (χ0n) is 21.7. The van der Waals surface area contributed by atoms with E-state index >= 15 is 0 Å². The normalized spacial score (nSPS) is 14.4. The number of phenolic OH excluding ortho intramolecular Hbond substituents is 1. The van der Waals surface area contributed by atoms with Gasteiger partial charge in [0, 0.05) is 0 Å². The van der Waals surface area contributed by atoms with Crippen molar-refractivity contribution in [3.05, 3.63) is 29.8 Å². The van der Waals surface area contributed by atoms with Crippen molar-refractivity contribution in [2.45, 2.75) is 77.5 Å². The topological polar surface area (TPSA) is 214 Å². The predicted molar refractivity (Wildman–Crippen MR) is 136 cm³/mol. The maximum absolute atomic E-state index is 13.1. The third-order valence-corrected chi connectivity index (χ3v) is 5.43. The molecule has 0 saturated heterocycles. The first-order valence-corrected chi connectivity index (χ1v) is 12.1. The second kappa shape index (κ2) is 14.8. The van der Waals surface area contributed by atoms with Crippen LogP contribution < -0.4 is 27.4 Å². The number of carboxylic acid groups (broad SMARTS) is 1. The van der Waals surface area contributed by atoms with Crippen LogP contribution in [-0.4, -0.2) is 64.0 Å². The number of rotatable bonds is 15. The maximum Gasteiger partial charge on any atom is 0.326 e. The van der Waals surface area contributed by atoms with Crippen molar-refractivity contribution in [2.75, 3.05) is 0 Å². The van der Waals surface area contributed by atoms with Crippen LogP contribution in [0.1, 0.15) is 52.5 Å². The molecule has 0 spiro atoms. The van der Waals surface area contributed by atoms with Crippen LogP contribution in [0.5, 0.6) is 5.75 Å². The van der Waals surface area contributed by atoms with Gasteiger partial charge in [0.2, 0.25) is 23.6 Å². The van der Waals surface area contributed by atoms with Crippen molar-refractivity contribution in [3.8, 4) is 5.75 Å². The molecule has 12 heteroatoms. The summed E-state index contributed by atoms with van der Waals surface area (Å²) >= 11 is 0. The van der Waals surface area contributed by atoms with Crippen molar-refractivity contribution in [2.24, 2.45) is 23.3 Å². The van der Waals surface area contributed by atoms with Gasteiger partial charge in [-0.25, -0.2) is 4.79 Å². The number of hydrogen-bond acceptors (Lipinski definition) is 7. The lowest BCUT2D eigenvalue weighted by Crippen LogP contribution is -2.58. The Morgan fingerprint density at radius 2 is 1.24 bits per heavy atom. The number of benzene rings is 1. The molecule has 4 atom stereocenters. The van der Waals surface area contributed by atoms with Gasteiger partial charge in [0.05, 0.1) is 12.5 Å². The zero-order valence-corrected chi connectivity index (χ0v) is 21.7. The average Bonchev–Trinajstić information content (AvgIpc) is 2.78. The van der Waals surface area contributed by atoms with Crippen LogP contribution in [0.15, 0.2) is 24.3 Å². The molecular formula is C25H39N5O7. The van der Waals surface area contributed by atoms with Crippen LogP contribution in [0.2, 0.25) is 0 Å². The summed E-state index contributed by atoms with van der Waals surface area (Å²) in [5.74, 6) is -4.35. The first-order valence-electron chi connectivity index (χ1n) is 12.1. The fourth-order valence-electron chi connectivity index (χ4n) is 3.61. The number of hydrogen-bond donors (Lipinski definition) is 7. The number of phenols is 1. The molecular weight excluding hydrogens is 482 g/mol. The molecule has 0 aliphatic rings. The van der Waals surface area contributed by atoms with Crippen LogP contribution in [0.25, 0.3) is 0 Å². The van der Waals surface area contributed by atoms with Gasteiger partial charge >= 0.3 is 5.97 Å². The van der Waals surface area contributed by atoms with E-state index in [2.05, 4.69) is 16.0 Å². The fourth-order valence-corrected chi connectivity index (χ4v) is 3.61. The van der Waals surface area contributed by atoms with Crippen LogP contribution >= 0.6 is 0 Å². The summed E-state index contributed by atoms with van der Waals surface area (Å²) in [6, 6.07) is 1.45. The van der Waals surface area contributed by atoms with Gasteiger partial charge in [0.15, 0.2) is 0 Å². The molecule has 0 saturated carbocycles. The van der Waals surface area contributed by atoms with E-state index in [1.54, 1.807) is 26.0 Å². The van der Waals surface area contributed by atoms with Crippen LogP contribution in [0, 0.1) is 11.8 Å². The zero-order chi connectivity index (χ0) is 28.3. The third-order valence-electron chi connectivity index (χ3n) is 5.43. The molecule has 9 N–H and O–H groups in total. The highest BCUT2D eigenvalue weighted by Crippen LogP contribution is 2.12. The van der Waals surface area contributed by atoms with E-state index in [0.29, 0.717) is 5.56 Å². The smallest absolute Gasteiger partial charge is 0.326 e. The molecule has 0 aliphatic heterocycles. The van der Waals surface area contributed by atoms with Gasteiger partial charge in [-0.15, -0.1) is 0 Å². The van der Waals surface area contributed by atoms with Crippen molar-refractivity contribution >= 4 is 29.6 Å². The molecule has 4 amide bonds. The Labute approximate surface area is 216 Å². The summed E-state index contributed by atoms with van der Waals surface area (Å²) in [5, 5.41) is 26.2. The minimum absolute atomic E-state index is 0.0322. The second-order valence-electron chi connectivity index (χ2n) is 9.93. The molecule has 0 fully saturated rings. The summed E-state index contributed by atoms with van der Waals surface area (Å²) in [6.07, 6.45) is -0.0572. The van der Waals surface area contributed by atoms with Crippen molar-refractivity contribution in [1.29, 1.82) is 0 Å². The summed E-state index contributed by atoms with van der Waals surface area (Å²) in [5.41, 5.74) is 12.0. The van der Waals surface area contributed by atoms with Crippen LogP contribution in [0.3, 0.4) is 0 Å². The highest BCUT2D eigenvalue weighted by molar-refractivity contribution is 5.96. The lowest BCUT2D eigenvalue weighted by atomic mass is 10.0. The molecule has 37 heavy (non-hydrogen) atoms. The molecule has 12 nitrogen and oxygen atoms in total. The van der Waals surface area contributed by atoms with E-state index in [-0.39, 0.29) is 36.8 Å². The number of nitrogens with one attached hydrogen (secondary N) is 3. The Hall–Kier alpha value is -3.67. The Bertz CT molecular complexity index is 949. The van der Waals surface area contributed by atoms with E-state index in [1.807, 2.05) is 13.8 Å². The number of nitrogens with two attached hydrogens (primary N) is 2. The minimum Gasteiger partial charge on any atom is -0.508 e. The Kier molecular flexibility index (Phi) is 12.5. The van der Waals surface area contributed by atoms with Gasteiger partial charge in [0.25, 0.3) is 0 Å². The predicted octanol–water partition coefficient (Wildman–Crippen LogP) is -0.231. The van der Waals surface area contributed by atoms with Crippen molar-refractivity contribution in [1.82, 2.24) is 16.0 Å². The first kappa shape index (κ1) is 31.4. The molecule has 1 rings (SSSR count). The number of primary amides is 1. The summed E-state index contributed by atoms with van der Waals surface area (Å²) in [6.45, 7) is 7.24. The van der Waals surface area contributed by atoms with E-state index in [4.69, 9.17) is 11.5 Å². The molecule has 0 heterocycles. The van der Waals surface area contributed by atoms with E-state index in [0.717, 1.165) is 0 Å². The second-order valence-corrected chi connectivity index (χ2v) is 9.93. The number of carbonyl (C=O) groups is 5. The highest BCUT2D eigenvalue weighted by atomic mass is 16.4. The lowest BCUT2D eigenvalue weighted by molar-refractivity contribution is -0.143. The molecule has 4 unspecified atom stereocenters. The van der Waals surface area contributed by atoms with Crippen LogP contribution in [-0.2, 0) is 30.4 Å². The molecule has 206 valence electrons. The number of aromatic hydroxyl groups is 1. The standard InChI is InChI=1S/C25H39N5O7/c1-13(2)9-18(28-22(33)17(26)11-15-5-7-16(31)8-6-15)23(34)29-19(12-21(27)32)24(35)30-20(25(36)37)10-14(3)4/h5-8,13-14,17-20,31H,9-12,26H2,1-4H3,(H2,27,32)(H,28,33)(H,29,34)(H,30,35)(H,36,37). The average molecular weight is 522 g/mol. The van der Waals surface area contributed by atoms with Crippen molar-refractivity contribution in [3.63, 3.8) is 0 Å². The van der Waals surface area contributed by atoms with Gasteiger partial charge in [-0.1, -0.05) is 39.8 Å². The largest absolute Gasteiger partial charge is 0.508 e. The number of amides is 4. The number of carbonyl (C=O) groups excluding carboxylic acids is 4. The molecule has 0 aliphatic carbocycles. The number of aliphatic carboxylic acids is 1. The highest BCUT2D eigenvalue weighted by Gasteiger charge is 2.31. The molecule has 1 aromatic rings. The fraction of sp³-hybridized carbons (Fsp3) is 0.560. The molecule has 0 radical (unpaired) electrons. The minimum atomic E-state index is -1.43. The first-order chi connectivity index (χ1) is 17.2. The molecule has 0 bridgehead atoms. The van der Waals surface area contributed by atoms with Gasteiger partial charge in [-0.2, -0.15) is 0 Å². The Morgan fingerprint density at radius 3 is 1.73 bits per heavy atom. The van der Waals surface area contributed by atoms with E-state index in [1.165, 1.54) is 12.1 Å². The maximum atomic E-state index is 13.1. The summed E-state index contributed by atoms with van der Waals surface area (Å²) in [4.78, 5) is 61.7. The Balaban J connectivity index is 2.98. The summed E-state index contributed by atoms with van der Waals surface area (Å²) < 4.78 is 0. The van der Waals surface area contributed by atoms with Gasteiger partial charge in [0.1, 0.15) is 23.9 Å². The Morgan fingerprint density at radius 1 is 0.784 bits per heavy atom. The monoisotopic (exact) mass is 521 g/mol. The van der Waals surface area contributed by atoms with Crippen molar-refractivity contribution < 1.29 is 34.2 Å². The summed E-state index contributed by atoms with van der Waals surface area (Å²) in [7, 11) is 0. The molecule has 1 aromatic carbocycles. The van der Waals surface area contributed by atoms with E-state index in [9.17, 15) is 34.2 Å². The third kappa shape index (κ3) is 11.7. The van der Waals surface area contributed by atoms with Gasteiger partial charge in [-0.05, 0) is 48.8 Å². The van der Waals surface area contributed by atoms with Gasteiger partial charge < -0.3 is 37.6 Å². The molecule has 0 aromatic heterocycles. The van der Waals surface area contributed by atoms with Crippen LogP contribution in [0.4, 0.5) is 0 Å². The van der Waals surface area contributed by atoms with E-state index < -0.39 is 60.2 Å². The quantitative estimate of drug-likeness (QED) is 0.163. The lowest BCUT2D eigenvalue weighted by Gasteiger charge is -2.26. The van der Waals surface area contributed by atoms with Gasteiger partial charge in [-0.3, -0.25) is 19.2 Å². The SMILES string of the molecule is CC(C)CC(NC(=O)C(CC(N)=O)NC(=O)C(CC(C)C)NC(=O)C(N)Cc1ccc(O)cc1)C(=O)O.